The average Bonchev–Trinajstić information content (AvgIpc) is 2.56. The van der Waals surface area contributed by atoms with Gasteiger partial charge in [-0.05, 0) is 62.4 Å². The lowest BCUT2D eigenvalue weighted by Gasteiger charge is -2.20. The van der Waals surface area contributed by atoms with Crippen LogP contribution in [0, 0.1) is 17.3 Å². The molecule has 2 nitrogen and oxygen atoms in total. The third-order valence-corrected chi connectivity index (χ3v) is 4.09. The first-order valence-corrected chi connectivity index (χ1v) is 7.36. The lowest BCUT2D eigenvalue weighted by atomic mass is 9.91. The molecular formula is C15H32N2. The highest BCUT2D eigenvalue weighted by Gasteiger charge is 2.30. The fraction of sp³-hybridized carbons (Fsp3) is 1.00. The van der Waals surface area contributed by atoms with Crippen molar-refractivity contribution < 1.29 is 0 Å². The summed E-state index contributed by atoms with van der Waals surface area (Å²) >= 11 is 0. The summed E-state index contributed by atoms with van der Waals surface area (Å²) in [5.74, 6) is 1.48. The van der Waals surface area contributed by atoms with Gasteiger partial charge in [0.05, 0.1) is 0 Å². The van der Waals surface area contributed by atoms with Gasteiger partial charge in [0.2, 0.25) is 0 Å². The summed E-state index contributed by atoms with van der Waals surface area (Å²) in [6.45, 7) is 11.3. The number of nitrogens with two attached hydrogens (primary N) is 1. The third-order valence-electron chi connectivity index (χ3n) is 4.09. The van der Waals surface area contributed by atoms with Crippen molar-refractivity contribution in [3.63, 3.8) is 0 Å². The van der Waals surface area contributed by atoms with Gasteiger partial charge < -0.3 is 11.1 Å². The van der Waals surface area contributed by atoms with Crippen LogP contribution in [-0.2, 0) is 0 Å². The zero-order valence-corrected chi connectivity index (χ0v) is 12.3. The van der Waals surface area contributed by atoms with Crippen molar-refractivity contribution in [1.29, 1.82) is 0 Å². The van der Waals surface area contributed by atoms with Gasteiger partial charge in [-0.15, -0.1) is 0 Å². The Morgan fingerprint density at radius 2 is 2.06 bits per heavy atom. The molecule has 0 aliphatic heterocycles. The molecule has 102 valence electrons. The second-order valence-corrected chi connectivity index (χ2v) is 7.08. The van der Waals surface area contributed by atoms with E-state index in [0.717, 1.165) is 25.0 Å². The van der Waals surface area contributed by atoms with Crippen molar-refractivity contribution in [1.82, 2.24) is 5.32 Å². The summed E-state index contributed by atoms with van der Waals surface area (Å²) in [7, 11) is 0. The first-order chi connectivity index (χ1) is 7.93. The molecule has 0 aromatic heterocycles. The molecule has 3 N–H and O–H groups in total. The van der Waals surface area contributed by atoms with Crippen molar-refractivity contribution in [3.05, 3.63) is 0 Å². The Labute approximate surface area is 108 Å². The summed E-state index contributed by atoms with van der Waals surface area (Å²) < 4.78 is 0. The van der Waals surface area contributed by atoms with E-state index in [4.69, 9.17) is 5.73 Å². The zero-order chi connectivity index (χ0) is 12.9. The van der Waals surface area contributed by atoms with Crippen LogP contribution in [0.15, 0.2) is 0 Å². The Morgan fingerprint density at radius 3 is 2.53 bits per heavy atom. The minimum atomic E-state index is 0.558. The molecule has 1 fully saturated rings. The molecule has 1 saturated carbocycles. The second-order valence-electron chi connectivity index (χ2n) is 7.08. The van der Waals surface area contributed by atoms with E-state index in [-0.39, 0.29) is 0 Å². The Balaban J connectivity index is 2.14. The topological polar surface area (TPSA) is 38.0 Å². The van der Waals surface area contributed by atoms with Crippen LogP contribution in [0.5, 0.6) is 0 Å². The SMILES string of the molecule is CC(C)C[C@H](CN)CCNC1CCC(C)(C)C1. The number of hydrogen-bond donors (Lipinski definition) is 2. The Hall–Kier alpha value is -0.0800. The van der Waals surface area contributed by atoms with E-state index < -0.39 is 0 Å². The second kappa shape index (κ2) is 6.75. The van der Waals surface area contributed by atoms with Gasteiger partial charge in [0.1, 0.15) is 0 Å². The van der Waals surface area contributed by atoms with Crippen molar-refractivity contribution in [2.24, 2.45) is 23.0 Å². The van der Waals surface area contributed by atoms with Crippen LogP contribution in [0.4, 0.5) is 0 Å². The Bertz CT molecular complexity index is 209. The van der Waals surface area contributed by atoms with Crippen LogP contribution in [0.3, 0.4) is 0 Å². The standard InChI is InChI=1S/C15H32N2/c1-12(2)9-13(11-16)6-8-17-14-5-7-15(3,4)10-14/h12-14,17H,5-11,16H2,1-4H3/t13-,14?/m1/s1. The van der Waals surface area contributed by atoms with Crippen molar-refractivity contribution in [2.75, 3.05) is 13.1 Å². The summed E-state index contributed by atoms with van der Waals surface area (Å²) in [5.41, 5.74) is 6.39. The molecule has 0 radical (unpaired) electrons. The molecule has 2 heteroatoms. The van der Waals surface area contributed by atoms with E-state index in [9.17, 15) is 0 Å². The van der Waals surface area contributed by atoms with Crippen molar-refractivity contribution >= 4 is 0 Å². The zero-order valence-electron chi connectivity index (χ0n) is 12.3. The van der Waals surface area contributed by atoms with E-state index in [1.807, 2.05) is 0 Å². The molecule has 1 unspecified atom stereocenters. The molecular weight excluding hydrogens is 208 g/mol. The molecule has 0 bridgehead atoms. The van der Waals surface area contributed by atoms with Crippen LogP contribution in [0.25, 0.3) is 0 Å². The van der Waals surface area contributed by atoms with E-state index in [1.54, 1.807) is 0 Å². The highest BCUT2D eigenvalue weighted by Crippen LogP contribution is 2.36. The number of rotatable bonds is 7. The molecule has 1 rings (SSSR count). The molecule has 2 atom stereocenters. The van der Waals surface area contributed by atoms with Crippen LogP contribution < -0.4 is 11.1 Å². The van der Waals surface area contributed by atoms with Crippen LogP contribution in [0.1, 0.15) is 59.8 Å². The van der Waals surface area contributed by atoms with Crippen molar-refractivity contribution in [2.45, 2.75) is 65.8 Å². The van der Waals surface area contributed by atoms with Gasteiger partial charge in [0, 0.05) is 6.04 Å². The molecule has 1 aliphatic rings. The van der Waals surface area contributed by atoms with Crippen molar-refractivity contribution in [3.8, 4) is 0 Å². The third kappa shape index (κ3) is 5.87. The highest BCUT2D eigenvalue weighted by molar-refractivity contribution is 4.86. The minimum Gasteiger partial charge on any atom is -0.330 e. The minimum absolute atomic E-state index is 0.558. The molecule has 0 spiro atoms. The van der Waals surface area contributed by atoms with Gasteiger partial charge in [-0.3, -0.25) is 0 Å². The van der Waals surface area contributed by atoms with Gasteiger partial charge in [-0.25, -0.2) is 0 Å². The van der Waals surface area contributed by atoms with Crippen LogP contribution in [0.2, 0.25) is 0 Å². The van der Waals surface area contributed by atoms with Gasteiger partial charge in [0.25, 0.3) is 0 Å². The molecule has 0 aromatic rings. The lowest BCUT2D eigenvalue weighted by molar-refractivity contribution is 0.350. The first kappa shape index (κ1) is 15.0. The largest absolute Gasteiger partial charge is 0.330 e. The van der Waals surface area contributed by atoms with Gasteiger partial charge in [-0.2, -0.15) is 0 Å². The Morgan fingerprint density at radius 1 is 1.35 bits per heavy atom. The summed E-state index contributed by atoms with van der Waals surface area (Å²) in [4.78, 5) is 0. The van der Waals surface area contributed by atoms with Gasteiger partial charge in [0.15, 0.2) is 0 Å². The van der Waals surface area contributed by atoms with Crippen LogP contribution in [-0.4, -0.2) is 19.1 Å². The molecule has 17 heavy (non-hydrogen) atoms. The fourth-order valence-corrected chi connectivity index (χ4v) is 3.10. The van der Waals surface area contributed by atoms with Gasteiger partial charge in [-0.1, -0.05) is 27.7 Å². The normalized spacial score (nSPS) is 25.4. The first-order valence-electron chi connectivity index (χ1n) is 7.36. The average molecular weight is 240 g/mol. The molecule has 0 saturated heterocycles. The summed E-state index contributed by atoms with van der Waals surface area (Å²) in [5, 5.41) is 3.72. The van der Waals surface area contributed by atoms with Gasteiger partial charge >= 0.3 is 0 Å². The highest BCUT2D eigenvalue weighted by atomic mass is 14.9. The van der Waals surface area contributed by atoms with Crippen LogP contribution >= 0.6 is 0 Å². The van der Waals surface area contributed by atoms with E-state index >= 15 is 0 Å². The molecule has 0 heterocycles. The maximum Gasteiger partial charge on any atom is 0.00723 e. The molecule has 1 aliphatic carbocycles. The smallest absolute Gasteiger partial charge is 0.00723 e. The quantitative estimate of drug-likeness (QED) is 0.717. The van der Waals surface area contributed by atoms with E-state index in [0.29, 0.717) is 11.3 Å². The number of hydrogen-bond acceptors (Lipinski definition) is 2. The van der Waals surface area contributed by atoms with E-state index in [2.05, 4.69) is 33.0 Å². The summed E-state index contributed by atoms with van der Waals surface area (Å²) in [6, 6.07) is 0.752. The fourth-order valence-electron chi connectivity index (χ4n) is 3.10. The predicted octanol–water partition coefficient (Wildman–Crippen LogP) is 3.17. The summed E-state index contributed by atoms with van der Waals surface area (Å²) in [6.07, 6.45) is 6.58. The predicted molar refractivity (Wildman–Crippen MR) is 76.0 cm³/mol. The lowest BCUT2D eigenvalue weighted by Crippen LogP contribution is -2.30. The monoisotopic (exact) mass is 240 g/mol. The molecule has 0 aromatic carbocycles. The maximum absolute atomic E-state index is 5.83. The number of nitrogens with one attached hydrogen (secondary N) is 1. The Kier molecular flexibility index (Phi) is 5.94. The van der Waals surface area contributed by atoms with E-state index in [1.165, 1.54) is 32.1 Å². The maximum atomic E-state index is 5.83. The molecule has 0 amide bonds.